The van der Waals surface area contributed by atoms with Crippen molar-refractivity contribution in [2.75, 3.05) is 18.5 Å². The molecule has 1 aliphatic heterocycles. The van der Waals surface area contributed by atoms with Crippen molar-refractivity contribution >= 4 is 56.9 Å². The minimum absolute atomic E-state index is 0.0381. The van der Waals surface area contributed by atoms with E-state index in [1.165, 1.54) is 12.1 Å². The Morgan fingerprint density at radius 2 is 1.84 bits per heavy atom. The summed E-state index contributed by atoms with van der Waals surface area (Å²) in [4.78, 5) is 49.0. The maximum Gasteiger partial charge on any atom is 0.311 e. The lowest BCUT2D eigenvalue weighted by atomic mass is 10.1. The Kier molecular flexibility index (Phi) is 7.52. The predicted molar refractivity (Wildman–Crippen MR) is 122 cm³/mol. The summed E-state index contributed by atoms with van der Waals surface area (Å²) in [5, 5.41) is 4.27. The number of halogens is 2. The lowest BCUT2D eigenvalue weighted by Gasteiger charge is -2.17. The van der Waals surface area contributed by atoms with Crippen LogP contribution in [0.5, 0.6) is 0 Å². The van der Waals surface area contributed by atoms with Crippen LogP contribution in [0, 0.1) is 19.8 Å². The van der Waals surface area contributed by atoms with Crippen molar-refractivity contribution in [2.45, 2.75) is 20.3 Å². The highest BCUT2D eigenvalue weighted by Crippen LogP contribution is 2.24. The molecule has 0 aromatic heterocycles. The molecule has 2 aromatic rings. The Labute approximate surface area is 198 Å². The summed E-state index contributed by atoms with van der Waals surface area (Å²) < 4.78 is 6.02. The van der Waals surface area contributed by atoms with Gasteiger partial charge in [-0.3, -0.25) is 29.6 Å². The van der Waals surface area contributed by atoms with E-state index >= 15 is 0 Å². The van der Waals surface area contributed by atoms with Gasteiger partial charge in [0.25, 0.3) is 11.8 Å². The molecular weight excluding hydrogens is 502 g/mol. The molecule has 1 saturated heterocycles. The molecule has 8 nitrogen and oxygen atoms in total. The maximum absolute atomic E-state index is 12.3. The highest BCUT2D eigenvalue weighted by Gasteiger charge is 2.36. The van der Waals surface area contributed by atoms with Crippen molar-refractivity contribution in [1.29, 1.82) is 0 Å². The van der Waals surface area contributed by atoms with Crippen LogP contribution in [-0.4, -0.2) is 41.9 Å². The molecule has 1 atom stereocenters. The topological polar surface area (TPSA) is 105 Å². The summed E-state index contributed by atoms with van der Waals surface area (Å²) in [6.45, 7) is 3.23. The monoisotopic (exact) mass is 521 g/mol. The van der Waals surface area contributed by atoms with Crippen LogP contribution < -0.4 is 10.7 Å². The summed E-state index contributed by atoms with van der Waals surface area (Å²) in [6.07, 6.45) is -0.119. The zero-order chi connectivity index (χ0) is 23.4. The van der Waals surface area contributed by atoms with Crippen molar-refractivity contribution < 1.29 is 23.9 Å². The Balaban J connectivity index is 1.50. The Hall–Kier alpha value is -2.91. The molecule has 0 saturated carbocycles. The molecule has 1 heterocycles. The molecule has 0 aliphatic carbocycles. The first-order chi connectivity index (χ1) is 15.1. The molecule has 3 rings (SSSR count). The van der Waals surface area contributed by atoms with E-state index < -0.39 is 36.2 Å². The number of nitrogens with zero attached hydrogens (tertiary/aromatic N) is 1. The SMILES string of the molecule is Cc1cc(NC(=O)COC(=O)[C@H]2CC(=O)N(NC(=O)c3ccc(Cl)cc3)C2)c(C)cc1Br. The van der Waals surface area contributed by atoms with E-state index in [4.69, 9.17) is 16.3 Å². The summed E-state index contributed by atoms with van der Waals surface area (Å²) in [5.74, 6) is -2.86. The molecule has 1 aliphatic rings. The van der Waals surface area contributed by atoms with Gasteiger partial charge in [-0.2, -0.15) is 0 Å². The number of nitrogens with one attached hydrogen (secondary N) is 2. The number of hydrazine groups is 1. The number of ether oxygens (including phenoxy) is 1. The van der Waals surface area contributed by atoms with Gasteiger partial charge >= 0.3 is 5.97 Å². The molecule has 2 aromatic carbocycles. The van der Waals surface area contributed by atoms with Crippen LogP contribution in [0.1, 0.15) is 27.9 Å². The van der Waals surface area contributed by atoms with Crippen LogP contribution in [0.2, 0.25) is 5.02 Å². The summed E-state index contributed by atoms with van der Waals surface area (Å²) in [6, 6.07) is 9.87. The van der Waals surface area contributed by atoms with Crippen molar-refractivity contribution in [3.8, 4) is 0 Å². The van der Waals surface area contributed by atoms with E-state index in [1.54, 1.807) is 12.1 Å². The number of benzene rings is 2. The van der Waals surface area contributed by atoms with E-state index in [0.717, 1.165) is 20.6 Å². The van der Waals surface area contributed by atoms with Gasteiger partial charge < -0.3 is 10.1 Å². The van der Waals surface area contributed by atoms with Gasteiger partial charge in [0, 0.05) is 27.2 Å². The van der Waals surface area contributed by atoms with Crippen molar-refractivity contribution in [3.63, 3.8) is 0 Å². The van der Waals surface area contributed by atoms with Gasteiger partial charge in [-0.1, -0.05) is 27.5 Å². The minimum Gasteiger partial charge on any atom is -0.455 e. The van der Waals surface area contributed by atoms with Crippen LogP contribution >= 0.6 is 27.5 Å². The molecule has 0 unspecified atom stereocenters. The highest BCUT2D eigenvalue weighted by atomic mass is 79.9. The molecule has 0 spiro atoms. The normalized spacial score (nSPS) is 15.4. The average Bonchev–Trinajstić information content (AvgIpc) is 3.11. The van der Waals surface area contributed by atoms with E-state index in [0.29, 0.717) is 16.3 Å². The average molecular weight is 523 g/mol. The number of rotatable bonds is 6. The van der Waals surface area contributed by atoms with Gasteiger partial charge in [-0.05, 0) is 61.4 Å². The Morgan fingerprint density at radius 1 is 1.16 bits per heavy atom. The van der Waals surface area contributed by atoms with Crippen molar-refractivity contribution in [3.05, 3.63) is 62.6 Å². The zero-order valence-electron chi connectivity index (χ0n) is 17.4. The second kappa shape index (κ2) is 10.1. The first-order valence-corrected chi connectivity index (χ1v) is 10.9. The Morgan fingerprint density at radius 3 is 2.53 bits per heavy atom. The van der Waals surface area contributed by atoms with Gasteiger partial charge in [-0.25, -0.2) is 0 Å². The van der Waals surface area contributed by atoms with Gasteiger partial charge in [0.1, 0.15) is 0 Å². The third kappa shape index (κ3) is 5.86. The van der Waals surface area contributed by atoms with Gasteiger partial charge in [0.2, 0.25) is 5.91 Å². The summed E-state index contributed by atoms with van der Waals surface area (Å²) >= 11 is 9.23. The fraction of sp³-hybridized carbons (Fsp3) is 0.273. The molecule has 168 valence electrons. The van der Waals surface area contributed by atoms with Gasteiger partial charge in [-0.15, -0.1) is 0 Å². The molecule has 0 bridgehead atoms. The maximum atomic E-state index is 12.3. The van der Waals surface area contributed by atoms with E-state index in [1.807, 2.05) is 26.0 Å². The molecule has 3 amide bonds. The molecule has 1 fully saturated rings. The highest BCUT2D eigenvalue weighted by molar-refractivity contribution is 9.10. The standard InChI is InChI=1S/C22H21BrClN3O5/c1-12-8-18(13(2)7-17(12)23)25-19(28)11-32-22(31)15-9-20(29)27(10-15)26-21(30)14-3-5-16(24)6-4-14/h3-8,15H,9-11H2,1-2H3,(H,25,28)(H,26,30)/t15-/m0/s1. The van der Waals surface area contributed by atoms with Crippen LogP contribution in [0.3, 0.4) is 0 Å². The number of hydrogen-bond donors (Lipinski definition) is 2. The second-order valence-corrected chi connectivity index (χ2v) is 8.72. The first-order valence-electron chi connectivity index (χ1n) is 9.74. The molecular formula is C22H21BrClN3O5. The van der Waals surface area contributed by atoms with Crippen molar-refractivity contribution in [1.82, 2.24) is 10.4 Å². The fourth-order valence-electron chi connectivity index (χ4n) is 3.12. The largest absolute Gasteiger partial charge is 0.455 e. The predicted octanol–water partition coefficient (Wildman–Crippen LogP) is 3.39. The van der Waals surface area contributed by atoms with Gasteiger partial charge in [0.15, 0.2) is 6.61 Å². The zero-order valence-corrected chi connectivity index (χ0v) is 19.7. The lowest BCUT2D eigenvalue weighted by Crippen LogP contribution is -2.43. The van der Waals surface area contributed by atoms with Crippen LogP contribution in [0.25, 0.3) is 0 Å². The number of carbonyl (C=O) groups excluding carboxylic acids is 4. The van der Waals surface area contributed by atoms with Gasteiger partial charge in [0.05, 0.1) is 12.5 Å². The van der Waals surface area contributed by atoms with Crippen LogP contribution in [0.4, 0.5) is 5.69 Å². The molecule has 2 N–H and O–H groups in total. The second-order valence-electron chi connectivity index (χ2n) is 7.43. The van der Waals surface area contributed by atoms with E-state index in [-0.39, 0.29) is 13.0 Å². The third-order valence-corrected chi connectivity index (χ3v) is 6.03. The number of esters is 1. The molecule has 32 heavy (non-hydrogen) atoms. The van der Waals surface area contributed by atoms with Crippen molar-refractivity contribution in [2.24, 2.45) is 5.92 Å². The number of aryl methyl sites for hydroxylation is 2. The van der Waals surface area contributed by atoms with Crippen LogP contribution in [-0.2, 0) is 19.1 Å². The molecule has 10 heteroatoms. The smallest absolute Gasteiger partial charge is 0.311 e. The quantitative estimate of drug-likeness (QED) is 0.566. The summed E-state index contributed by atoms with van der Waals surface area (Å²) in [5.41, 5.74) is 5.23. The van der Waals surface area contributed by atoms with E-state index in [2.05, 4.69) is 26.7 Å². The number of amides is 3. The number of anilines is 1. The number of hydrogen-bond acceptors (Lipinski definition) is 5. The third-order valence-electron chi connectivity index (χ3n) is 4.93. The summed E-state index contributed by atoms with van der Waals surface area (Å²) in [7, 11) is 0. The van der Waals surface area contributed by atoms with E-state index in [9.17, 15) is 19.2 Å². The number of carbonyl (C=O) groups is 4. The minimum atomic E-state index is -0.780. The van der Waals surface area contributed by atoms with Crippen LogP contribution in [0.15, 0.2) is 40.9 Å². The molecule has 0 radical (unpaired) electrons. The fourth-order valence-corrected chi connectivity index (χ4v) is 3.70. The Bertz CT molecular complexity index is 1070. The first kappa shape index (κ1) is 23.7. The lowest BCUT2D eigenvalue weighted by molar-refractivity contribution is -0.151.